The van der Waals surface area contributed by atoms with Gasteiger partial charge in [0, 0.05) is 24.4 Å². The maximum atomic E-state index is 14.0. The van der Waals surface area contributed by atoms with Gasteiger partial charge in [-0.25, -0.2) is 4.39 Å². The highest BCUT2D eigenvalue weighted by atomic mass is 19.1. The second kappa shape index (κ2) is 9.21. The molecule has 1 amide bonds. The molecule has 2 aromatic carbocycles. The van der Waals surface area contributed by atoms with Gasteiger partial charge in [-0.15, -0.1) is 0 Å². The van der Waals surface area contributed by atoms with Crippen molar-refractivity contribution in [3.8, 4) is 5.75 Å². The van der Waals surface area contributed by atoms with E-state index in [0.29, 0.717) is 18.8 Å². The van der Waals surface area contributed by atoms with Crippen molar-refractivity contribution in [1.29, 1.82) is 0 Å². The lowest BCUT2D eigenvalue weighted by Crippen LogP contribution is -2.15. The van der Waals surface area contributed by atoms with Crippen molar-refractivity contribution in [3.63, 3.8) is 0 Å². The Morgan fingerprint density at radius 2 is 1.84 bits per heavy atom. The SMILES string of the molecule is COc1ccc(Cn2cc(Cc3ccccc3)c(NC(=O)c3ccncc3F)n2)cc1. The van der Waals surface area contributed by atoms with Crippen LogP contribution in [0, 0.1) is 5.82 Å². The molecule has 0 saturated carbocycles. The summed E-state index contributed by atoms with van der Waals surface area (Å²) >= 11 is 0. The molecule has 156 valence electrons. The zero-order chi connectivity index (χ0) is 21.6. The van der Waals surface area contributed by atoms with Crippen LogP contribution in [0.5, 0.6) is 5.75 Å². The Labute approximate surface area is 179 Å². The second-order valence-corrected chi connectivity index (χ2v) is 7.02. The Hall–Kier alpha value is -4.00. The van der Waals surface area contributed by atoms with Crippen molar-refractivity contribution in [2.24, 2.45) is 0 Å². The third kappa shape index (κ3) is 4.95. The molecule has 0 spiro atoms. The summed E-state index contributed by atoms with van der Waals surface area (Å²) in [6.45, 7) is 0.519. The van der Waals surface area contributed by atoms with Crippen molar-refractivity contribution in [1.82, 2.24) is 14.8 Å². The molecule has 7 heteroatoms. The Morgan fingerprint density at radius 1 is 1.06 bits per heavy atom. The monoisotopic (exact) mass is 416 g/mol. The minimum absolute atomic E-state index is 0.0784. The Bertz CT molecular complexity index is 1170. The van der Waals surface area contributed by atoms with Crippen LogP contribution in [0.3, 0.4) is 0 Å². The number of benzene rings is 2. The molecule has 0 radical (unpaired) electrons. The highest BCUT2D eigenvalue weighted by Crippen LogP contribution is 2.21. The Kier molecular flexibility index (Phi) is 6.03. The number of aromatic nitrogens is 3. The average Bonchev–Trinajstić information content (AvgIpc) is 3.15. The first-order valence-corrected chi connectivity index (χ1v) is 9.76. The van der Waals surface area contributed by atoms with Crippen LogP contribution in [0.2, 0.25) is 0 Å². The van der Waals surface area contributed by atoms with Crippen molar-refractivity contribution in [3.05, 3.63) is 107 Å². The van der Waals surface area contributed by atoms with Gasteiger partial charge in [-0.2, -0.15) is 5.10 Å². The fourth-order valence-corrected chi connectivity index (χ4v) is 3.25. The highest BCUT2D eigenvalue weighted by Gasteiger charge is 2.17. The summed E-state index contributed by atoms with van der Waals surface area (Å²) in [7, 11) is 1.62. The maximum absolute atomic E-state index is 14.0. The standard InChI is InChI=1S/C24H21FN4O2/c1-31-20-9-7-18(8-10-20)15-29-16-19(13-17-5-3-2-4-6-17)23(28-29)27-24(30)21-11-12-26-14-22(21)25/h2-12,14,16H,13,15H2,1H3,(H,27,28,30). The number of pyridine rings is 1. The van der Waals surface area contributed by atoms with Gasteiger partial charge in [0.1, 0.15) is 5.75 Å². The van der Waals surface area contributed by atoms with Crippen molar-refractivity contribution < 1.29 is 13.9 Å². The molecule has 31 heavy (non-hydrogen) atoms. The van der Waals surface area contributed by atoms with Gasteiger partial charge < -0.3 is 10.1 Å². The van der Waals surface area contributed by atoms with Gasteiger partial charge in [-0.1, -0.05) is 42.5 Å². The third-order valence-corrected chi connectivity index (χ3v) is 4.83. The van der Waals surface area contributed by atoms with E-state index in [9.17, 15) is 9.18 Å². The number of anilines is 1. The van der Waals surface area contributed by atoms with Crippen molar-refractivity contribution in [2.45, 2.75) is 13.0 Å². The topological polar surface area (TPSA) is 69.0 Å². The normalized spacial score (nSPS) is 10.6. The summed E-state index contributed by atoms with van der Waals surface area (Å²) in [5, 5.41) is 7.31. The lowest BCUT2D eigenvalue weighted by molar-refractivity contribution is 0.102. The van der Waals surface area contributed by atoms with Gasteiger partial charge in [-0.05, 0) is 29.3 Å². The van der Waals surface area contributed by atoms with Crippen LogP contribution in [0.4, 0.5) is 10.2 Å². The smallest absolute Gasteiger partial charge is 0.259 e. The predicted molar refractivity (Wildman–Crippen MR) is 116 cm³/mol. The van der Waals surface area contributed by atoms with E-state index in [1.807, 2.05) is 60.8 Å². The second-order valence-electron chi connectivity index (χ2n) is 7.02. The molecule has 0 aliphatic heterocycles. The fourth-order valence-electron chi connectivity index (χ4n) is 3.25. The van der Waals surface area contributed by atoms with Crippen LogP contribution >= 0.6 is 0 Å². The quantitative estimate of drug-likeness (QED) is 0.487. The zero-order valence-corrected chi connectivity index (χ0v) is 17.0. The summed E-state index contributed by atoms with van der Waals surface area (Å²) in [6.07, 6.45) is 4.88. The van der Waals surface area contributed by atoms with Gasteiger partial charge in [0.25, 0.3) is 5.91 Å². The molecule has 1 N–H and O–H groups in total. The first-order chi connectivity index (χ1) is 15.1. The fraction of sp³-hybridized carbons (Fsp3) is 0.125. The molecule has 2 aromatic heterocycles. The summed E-state index contributed by atoms with van der Waals surface area (Å²) < 4.78 is 20.9. The number of hydrogen-bond acceptors (Lipinski definition) is 4. The molecular formula is C24H21FN4O2. The van der Waals surface area contributed by atoms with Gasteiger partial charge in [0.15, 0.2) is 11.6 Å². The van der Waals surface area contributed by atoms with Gasteiger partial charge in [0.2, 0.25) is 0 Å². The zero-order valence-electron chi connectivity index (χ0n) is 17.0. The maximum Gasteiger partial charge on any atom is 0.259 e. The minimum atomic E-state index is -0.678. The number of carbonyl (C=O) groups is 1. The summed E-state index contributed by atoms with van der Waals surface area (Å²) in [4.78, 5) is 16.3. The van der Waals surface area contributed by atoms with E-state index in [4.69, 9.17) is 4.74 Å². The minimum Gasteiger partial charge on any atom is -0.497 e. The van der Waals surface area contributed by atoms with E-state index in [-0.39, 0.29) is 5.56 Å². The highest BCUT2D eigenvalue weighted by molar-refractivity contribution is 6.04. The lowest BCUT2D eigenvalue weighted by Gasteiger charge is -2.06. The summed E-state index contributed by atoms with van der Waals surface area (Å²) in [6, 6.07) is 18.9. The molecule has 0 saturated heterocycles. The Morgan fingerprint density at radius 3 is 2.55 bits per heavy atom. The molecule has 4 aromatic rings. The van der Waals surface area contributed by atoms with Gasteiger partial charge in [-0.3, -0.25) is 14.5 Å². The van der Waals surface area contributed by atoms with Crippen LogP contribution in [-0.4, -0.2) is 27.8 Å². The molecule has 2 heterocycles. The molecular weight excluding hydrogens is 395 g/mol. The van der Waals surface area contributed by atoms with Crippen LogP contribution in [0.15, 0.2) is 79.3 Å². The van der Waals surface area contributed by atoms with Crippen LogP contribution < -0.4 is 10.1 Å². The van der Waals surface area contributed by atoms with E-state index in [2.05, 4.69) is 15.4 Å². The number of hydrogen-bond donors (Lipinski definition) is 1. The molecule has 4 rings (SSSR count). The van der Waals surface area contributed by atoms with E-state index < -0.39 is 11.7 Å². The van der Waals surface area contributed by atoms with Crippen molar-refractivity contribution in [2.75, 3.05) is 12.4 Å². The molecule has 0 atom stereocenters. The number of nitrogens with one attached hydrogen (secondary N) is 1. The number of carbonyl (C=O) groups excluding carboxylic acids is 1. The van der Waals surface area contributed by atoms with Gasteiger partial charge >= 0.3 is 0 Å². The van der Waals surface area contributed by atoms with E-state index in [0.717, 1.165) is 28.6 Å². The summed E-state index contributed by atoms with van der Waals surface area (Å²) in [5.74, 6) is -0.0638. The molecule has 0 aliphatic rings. The number of rotatable bonds is 7. The molecule has 0 fully saturated rings. The number of halogens is 1. The van der Waals surface area contributed by atoms with Crippen molar-refractivity contribution >= 4 is 11.7 Å². The van der Waals surface area contributed by atoms with Crippen LogP contribution in [0.25, 0.3) is 0 Å². The van der Waals surface area contributed by atoms with E-state index >= 15 is 0 Å². The summed E-state index contributed by atoms with van der Waals surface area (Å²) in [5.41, 5.74) is 2.87. The third-order valence-electron chi connectivity index (χ3n) is 4.83. The number of ether oxygens (including phenoxy) is 1. The van der Waals surface area contributed by atoms with Crippen LogP contribution in [0.1, 0.15) is 27.0 Å². The number of nitrogens with zero attached hydrogens (tertiary/aromatic N) is 3. The lowest BCUT2D eigenvalue weighted by atomic mass is 10.1. The molecule has 6 nitrogen and oxygen atoms in total. The molecule has 0 aliphatic carbocycles. The van der Waals surface area contributed by atoms with Crippen LogP contribution in [-0.2, 0) is 13.0 Å². The first kappa shape index (κ1) is 20.3. The largest absolute Gasteiger partial charge is 0.497 e. The molecule has 0 unspecified atom stereocenters. The number of amides is 1. The Balaban J connectivity index is 1.61. The first-order valence-electron chi connectivity index (χ1n) is 9.76. The van der Waals surface area contributed by atoms with E-state index in [1.165, 1.54) is 12.3 Å². The molecule has 0 bridgehead atoms. The average molecular weight is 416 g/mol. The van der Waals surface area contributed by atoms with E-state index in [1.54, 1.807) is 11.8 Å². The van der Waals surface area contributed by atoms with Gasteiger partial charge in [0.05, 0.1) is 25.4 Å². The number of methoxy groups -OCH3 is 1. The predicted octanol–water partition coefficient (Wildman–Crippen LogP) is 4.32.